The second-order valence-corrected chi connectivity index (χ2v) is 12.6. The normalized spacial score (nSPS) is 10.8. The molecule has 302 valence electrons. The van der Waals surface area contributed by atoms with Crippen LogP contribution in [0.2, 0.25) is 0 Å². The first-order valence-corrected chi connectivity index (χ1v) is 16.6. The van der Waals surface area contributed by atoms with E-state index in [4.69, 9.17) is 0 Å². The first-order valence-electron chi connectivity index (χ1n) is 16.6. The number of carbonyl (C=O) groups excluding carboxylic acids is 4. The molecule has 0 aliphatic heterocycles. The monoisotopic (exact) mass is 802 g/mol. The largest absolute Gasteiger partial charge is 0.504 e. The number of hydrogen-bond acceptors (Lipinski definition) is 16. The lowest BCUT2D eigenvalue weighted by molar-refractivity contribution is 0.0905. The summed E-state index contributed by atoms with van der Waals surface area (Å²) in [5.74, 6) is -13.3. The van der Waals surface area contributed by atoms with Crippen LogP contribution in [0.5, 0.6) is 69.0 Å². The highest BCUT2D eigenvalue weighted by Crippen LogP contribution is 2.38. The van der Waals surface area contributed by atoms with Crippen LogP contribution in [0.1, 0.15) is 63.7 Å². The third kappa shape index (κ3) is 8.92. The molecule has 0 spiro atoms. The van der Waals surface area contributed by atoms with Gasteiger partial charge in [-0.05, 0) is 82.9 Å². The fourth-order valence-electron chi connectivity index (χ4n) is 5.51. The fourth-order valence-corrected chi connectivity index (χ4v) is 5.51. The first-order chi connectivity index (χ1) is 27.3. The second-order valence-electron chi connectivity index (χ2n) is 12.6. The van der Waals surface area contributed by atoms with Crippen molar-refractivity contribution in [3.05, 3.63) is 105 Å². The molecule has 0 aliphatic carbocycles. The molecule has 0 aliphatic rings. The number of benzene rings is 5. The molecule has 4 amide bonds. The lowest BCUT2D eigenvalue weighted by Crippen LogP contribution is -2.33. The molecule has 0 unspecified atom stereocenters. The van der Waals surface area contributed by atoms with Gasteiger partial charge in [0, 0.05) is 26.2 Å². The van der Waals surface area contributed by atoms with Gasteiger partial charge in [0.25, 0.3) is 23.6 Å². The summed E-state index contributed by atoms with van der Waals surface area (Å²) >= 11 is 0. The summed E-state index contributed by atoms with van der Waals surface area (Å²) in [6.45, 7) is -1.73. The van der Waals surface area contributed by atoms with Crippen molar-refractivity contribution >= 4 is 23.6 Å². The number of carbonyl (C=O) groups is 4. The summed E-state index contributed by atoms with van der Waals surface area (Å²) < 4.78 is 0. The fraction of sp³-hybridized carbons (Fsp3) is 0.105. The quantitative estimate of drug-likeness (QED) is 0.0801. The molecule has 0 fully saturated rings. The van der Waals surface area contributed by atoms with Crippen LogP contribution in [0, 0.1) is 0 Å². The van der Waals surface area contributed by atoms with Crippen molar-refractivity contribution in [2.45, 2.75) is 26.2 Å². The van der Waals surface area contributed by atoms with Gasteiger partial charge in [-0.15, -0.1) is 0 Å². The van der Waals surface area contributed by atoms with Gasteiger partial charge in [-0.3, -0.25) is 19.2 Å². The van der Waals surface area contributed by atoms with E-state index in [1.165, 1.54) is 0 Å². The lowest BCUT2D eigenvalue weighted by Gasteiger charge is -2.17. The summed E-state index contributed by atoms with van der Waals surface area (Å²) in [7, 11) is 0. The Labute approximate surface area is 325 Å². The molecule has 20 nitrogen and oxygen atoms in total. The number of phenols is 12. The molecule has 0 saturated carbocycles. The van der Waals surface area contributed by atoms with Crippen LogP contribution in [0.3, 0.4) is 0 Å². The minimum atomic E-state index is -1.05. The van der Waals surface area contributed by atoms with Crippen LogP contribution in [0.25, 0.3) is 0 Å². The van der Waals surface area contributed by atoms with E-state index in [-0.39, 0.29) is 22.3 Å². The van der Waals surface area contributed by atoms with Gasteiger partial charge in [0.05, 0.1) is 22.3 Å². The number of aromatic hydroxyl groups is 12. The molecule has 58 heavy (non-hydrogen) atoms. The van der Waals surface area contributed by atoms with E-state index in [0.29, 0.717) is 0 Å². The molecule has 5 aromatic rings. The van der Waals surface area contributed by atoms with Crippen molar-refractivity contribution in [1.82, 2.24) is 21.3 Å². The highest BCUT2D eigenvalue weighted by molar-refractivity contribution is 6.14. The van der Waals surface area contributed by atoms with Crippen LogP contribution < -0.4 is 21.3 Å². The molecule has 0 atom stereocenters. The molecule has 0 bridgehead atoms. The first kappa shape index (κ1) is 40.8. The Kier molecular flexibility index (Phi) is 11.6. The van der Waals surface area contributed by atoms with Crippen molar-refractivity contribution in [3.63, 3.8) is 0 Å². The standard InChI is InChI=1S/C38H34N4O16/c43-23-1-15(2-24(44)31(23)51)11-39-35(55)19-9-21(37(57)41-13-17-5-27(47)33(53)28(48)6-17)22(38(58)42-14-18-7-29(49)34(54)30(50)8-18)10-20(19)36(56)40-12-16-3-25(45)32(52)26(46)4-16/h1-10,43-54H,11-14H2,(H,39,55)(H,40,56)(H,41,57)(H,42,58). The Balaban J connectivity index is 1.56. The molecule has 0 saturated heterocycles. The van der Waals surface area contributed by atoms with E-state index in [1.807, 2.05) is 0 Å². The predicted molar refractivity (Wildman–Crippen MR) is 197 cm³/mol. The smallest absolute Gasteiger partial charge is 0.252 e. The third-order valence-corrected chi connectivity index (χ3v) is 8.47. The molecule has 0 aromatic heterocycles. The number of phenolic OH excluding ortho intramolecular Hbond substituents is 12. The average Bonchev–Trinajstić information content (AvgIpc) is 3.18. The number of amides is 4. The molecule has 0 radical (unpaired) electrons. The van der Waals surface area contributed by atoms with E-state index in [2.05, 4.69) is 21.3 Å². The summed E-state index contributed by atoms with van der Waals surface area (Å²) in [6, 6.07) is 9.90. The molecular formula is C38H34N4O16. The Bertz CT molecular complexity index is 2060. The summed E-state index contributed by atoms with van der Waals surface area (Å²) in [4.78, 5) is 55.1. The minimum Gasteiger partial charge on any atom is -0.504 e. The van der Waals surface area contributed by atoms with Gasteiger partial charge in [0.2, 0.25) is 0 Å². The Morgan fingerprint density at radius 3 is 0.603 bits per heavy atom. The topological polar surface area (TPSA) is 359 Å². The van der Waals surface area contributed by atoms with E-state index in [9.17, 15) is 80.5 Å². The van der Waals surface area contributed by atoms with E-state index in [0.717, 1.165) is 60.7 Å². The third-order valence-electron chi connectivity index (χ3n) is 8.47. The van der Waals surface area contributed by atoms with Crippen molar-refractivity contribution in [1.29, 1.82) is 0 Å². The van der Waals surface area contributed by atoms with Gasteiger partial charge < -0.3 is 82.5 Å². The van der Waals surface area contributed by atoms with E-state index < -0.39 is 141 Å². The lowest BCUT2D eigenvalue weighted by atomic mass is 9.95. The number of rotatable bonds is 12. The average molecular weight is 803 g/mol. The van der Waals surface area contributed by atoms with Crippen LogP contribution >= 0.6 is 0 Å². The number of nitrogens with one attached hydrogen (secondary N) is 4. The molecule has 5 aromatic carbocycles. The van der Waals surface area contributed by atoms with Crippen LogP contribution in [-0.4, -0.2) is 84.9 Å². The molecular weight excluding hydrogens is 768 g/mol. The Morgan fingerprint density at radius 2 is 0.448 bits per heavy atom. The van der Waals surface area contributed by atoms with Crippen molar-refractivity contribution < 1.29 is 80.5 Å². The Hall–Kier alpha value is -8.42. The molecule has 5 rings (SSSR count). The van der Waals surface area contributed by atoms with Crippen molar-refractivity contribution in [2.75, 3.05) is 0 Å². The predicted octanol–water partition coefficient (Wildman–Crippen LogP) is 1.87. The minimum absolute atomic E-state index is 0.0692. The number of hydrogen-bond donors (Lipinski definition) is 16. The van der Waals surface area contributed by atoms with Crippen LogP contribution in [0.15, 0.2) is 60.7 Å². The summed E-state index contributed by atoms with van der Waals surface area (Å²) in [5, 5.41) is 128. The van der Waals surface area contributed by atoms with Gasteiger partial charge in [0.1, 0.15) is 0 Å². The highest BCUT2D eigenvalue weighted by atomic mass is 16.3. The van der Waals surface area contributed by atoms with Crippen molar-refractivity contribution in [2.24, 2.45) is 0 Å². The molecule has 20 heteroatoms. The zero-order chi connectivity index (χ0) is 42.6. The van der Waals surface area contributed by atoms with Gasteiger partial charge in [0.15, 0.2) is 69.0 Å². The molecule has 16 N–H and O–H groups in total. The molecule has 0 heterocycles. The summed E-state index contributed by atoms with van der Waals surface area (Å²) in [6.07, 6.45) is 0. The van der Waals surface area contributed by atoms with E-state index in [1.54, 1.807) is 0 Å². The Morgan fingerprint density at radius 1 is 0.293 bits per heavy atom. The SMILES string of the molecule is O=C(NCc1cc(O)c(O)c(O)c1)c1cc(C(=O)NCc2cc(O)c(O)c(O)c2)c(C(=O)NCc2cc(O)c(O)c(O)c2)cc1C(=O)NCc1cc(O)c(O)c(O)c1. The van der Waals surface area contributed by atoms with Crippen LogP contribution in [-0.2, 0) is 26.2 Å². The maximum atomic E-state index is 13.8. The van der Waals surface area contributed by atoms with E-state index >= 15 is 0 Å². The summed E-state index contributed by atoms with van der Waals surface area (Å²) in [5.41, 5.74) is -1.85. The zero-order valence-electron chi connectivity index (χ0n) is 29.6. The van der Waals surface area contributed by atoms with Gasteiger partial charge >= 0.3 is 0 Å². The maximum absolute atomic E-state index is 13.8. The highest BCUT2D eigenvalue weighted by Gasteiger charge is 2.27. The van der Waals surface area contributed by atoms with Crippen LogP contribution in [0.4, 0.5) is 0 Å². The maximum Gasteiger partial charge on any atom is 0.252 e. The van der Waals surface area contributed by atoms with Gasteiger partial charge in [-0.2, -0.15) is 0 Å². The van der Waals surface area contributed by atoms with Gasteiger partial charge in [-0.25, -0.2) is 0 Å². The zero-order valence-corrected chi connectivity index (χ0v) is 29.6. The van der Waals surface area contributed by atoms with Crippen molar-refractivity contribution in [3.8, 4) is 69.0 Å². The van der Waals surface area contributed by atoms with Gasteiger partial charge in [-0.1, -0.05) is 0 Å². The second kappa shape index (κ2) is 16.5.